The summed E-state index contributed by atoms with van der Waals surface area (Å²) in [4.78, 5) is 12.1. The third-order valence-electron chi connectivity index (χ3n) is 5.37. The van der Waals surface area contributed by atoms with Crippen molar-refractivity contribution in [3.05, 3.63) is 64.5 Å². The van der Waals surface area contributed by atoms with Gasteiger partial charge in [0.2, 0.25) is 17.4 Å². The molecule has 0 aromatic heterocycles. The standard InChI is InChI=1S/C21H19F5O2/c1-2-11-3-5-12(6-4-11)13-7-8-14(15(22)9-13)21(27)28-20-18(25)16(23)10-17(24)19(20)26/h7-12H,2-6H2,1H3/t11-,12-. The van der Waals surface area contributed by atoms with E-state index in [4.69, 9.17) is 0 Å². The van der Waals surface area contributed by atoms with Gasteiger partial charge in [-0.1, -0.05) is 19.4 Å². The molecule has 0 atom stereocenters. The van der Waals surface area contributed by atoms with Crippen LogP contribution >= 0.6 is 0 Å². The van der Waals surface area contributed by atoms with Gasteiger partial charge in [-0.15, -0.1) is 0 Å². The van der Waals surface area contributed by atoms with E-state index in [0.717, 1.165) is 43.7 Å². The fourth-order valence-corrected chi connectivity index (χ4v) is 3.64. The lowest BCUT2D eigenvalue weighted by atomic mass is 9.78. The van der Waals surface area contributed by atoms with Crippen LogP contribution in [0.25, 0.3) is 0 Å². The Morgan fingerprint density at radius 1 is 0.929 bits per heavy atom. The minimum Gasteiger partial charge on any atom is -0.416 e. The normalized spacial score (nSPS) is 19.5. The highest BCUT2D eigenvalue weighted by Crippen LogP contribution is 2.37. The summed E-state index contributed by atoms with van der Waals surface area (Å²) in [7, 11) is 0. The highest BCUT2D eigenvalue weighted by molar-refractivity contribution is 5.91. The number of carbonyl (C=O) groups is 1. The van der Waals surface area contributed by atoms with Gasteiger partial charge in [-0.3, -0.25) is 0 Å². The second kappa shape index (κ2) is 8.29. The quantitative estimate of drug-likeness (QED) is 0.262. The van der Waals surface area contributed by atoms with Crippen LogP contribution in [-0.2, 0) is 0 Å². The summed E-state index contributed by atoms with van der Waals surface area (Å²) in [6.45, 7) is 2.14. The average molecular weight is 398 g/mol. The minimum absolute atomic E-state index is 0.00928. The number of halogens is 5. The van der Waals surface area contributed by atoms with Gasteiger partial charge in [0.1, 0.15) is 5.82 Å². The van der Waals surface area contributed by atoms with Gasteiger partial charge >= 0.3 is 5.97 Å². The maximum atomic E-state index is 14.4. The molecule has 1 fully saturated rings. The molecule has 0 heterocycles. The largest absolute Gasteiger partial charge is 0.416 e. The second-order valence-electron chi connectivity index (χ2n) is 7.05. The molecule has 0 saturated heterocycles. The number of rotatable bonds is 4. The van der Waals surface area contributed by atoms with E-state index in [1.807, 2.05) is 0 Å². The van der Waals surface area contributed by atoms with Crippen LogP contribution in [0.3, 0.4) is 0 Å². The molecule has 0 unspecified atom stereocenters. The monoisotopic (exact) mass is 398 g/mol. The van der Waals surface area contributed by atoms with Gasteiger partial charge in [-0.05, 0) is 55.2 Å². The summed E-state index contributed by atoms with van der Waals surface area (Å²) in [6, 6.07) is 3.91. The van der Waals surface area contributed by atoms with Gasteiger partial charge < -0.3 is 4.74 Å². The first-order valence-electron chi connectivity index (χ1n) is 9.16. The van der Waals surface area contributed by atoms with Crippen LogP contribution in [0.2, 0.25) is 0 Å². The van der Waals surface area contributed by atoms with E-state index in [0.29, 0.717) is 5.92 Å². The molecule has 0 N–H and O–H groups in total. The highest BCUT2D eigenvalue weighted by Gasteiger charge is 2.26. The van der Waals surface area contributed by atoms with Gasteiger partial charge in [-0.25, -0.2) is 18.0 Å². The summed E-state index contributed by atoms with van der Waals surface area (Å²) in [5.41, 5.74) is 0.159. The molecule has 2 aromatic rings. The molecule has 0 bridgehead atoms. The second-order valence-corrected chi connectivity index (χ2v) is 7.05. The summed E-state index contributed by atoms with van der Waals surface area (Å²) >= 11 is 0. The Morgan fingerprint density at radius 3 is 2.07 bits per heavy atom. The zero-order valence-electron chi connectivity index (χ0n) is 15.2. The van der Waals surface area contributed by atoms with Crippen LogP contribution in [0.1, 0.15) is 60.9 Å². The predicted molar refractivity (Wildman–Crippen MR) is 92.6 cm³/mol. The number of hydrogen-bond acceptors (Lipinski definition) is 2. The molecule has 3 rings (SSSR count). The van der Waals surface area contributed by atoms with Crippen LogP contribution in [0.5, 0.6) is 5.75 Å². The Labute approximate surface area is 159 Å². The summed E-state index contributed by atoms with van der Waals surface area (Å²) < 4.78 is 72.5. The van der Waals surface area contributed by atoms with Gasteiger partial charge in [-0.2, -0.15) is 8.78 Å². The summed E-state index contributed by atoms with van der Waals surface area (Å²) in [5.74, 6) is -10.2. The van der Waals surface area contributed by atoms with Gasteiger partial charge in [0, 0.05) is 6.07 Å². The van der Waals surface area contributed by atoms with Gasteiger partial charge in [0.05, 0.1) is 5.56 Å². The van der Waals surface area contributed by atoms with Gasteiger partial charge in [0.15, 0.2) is 11.6 Å². The first-order chi connectivity index (χ1) is 13.3. The third kappa shape index (κ3) is 4.03. The van der Waals surface area contributed by atoms with E-state index < -0.39 is 46.4 Å². The molecular formula is C21H19F5O2. The van der Waals surface area contributed by atoms with E-state index >= 15 is 0 Å². The maximum absolute atomic E-state index is 14.4. The lowest BCUT2D eigenvalue weighted by molar-refractivity contribution is 0.0712. The molecular weight excluding hydrogens is 379 g/mol. The number of benzene rings is 2. The van der Waals surface area contributed by atoms with Crippen LogP contribution in [0.4, 0.5) is 22.0 Å². The van der Waals surface area contributed by atoms with Crippen molar-refractivity contribution in [2.75, 3.05) is 0 Å². The highest BCUT2D eigenvalue weighted by atomic mass is 19.2. The molecule has 150 valence electrons. The van der Waals surface area contributed by atoms with E-state index in [9.17, 15) is 26.7 Å². The lowest BCUT2D eigenvalue weighted by Gasteiger charge is -2.28. The topological polar surface area (TPSA) is 26.3 Å². The summed E-state index contributed by atoms with van der Waals surface area (Å²) in [5, 5.41) is 0. The Kier molecular flexibility index (Phi) is 6.01. The number of hydrogen-bond donors (Lipinski definition) is 0. The van der Waals surface area contributed by atoms with Crippen LogP contribution in [0.15, 0.2) is 24.3 Å². The molecule has 1 aliphatic rings. The molecule has 0 spiro atoms. The first-order valence-corrected chi connectivity index (χ1v) is 9.16. The molecule has 7 heteroatoms. The van der Waals surface area contributed by atoms with Crippen molar-refractivity contribution < 1.29 is 31.5 Å². The van der Waals surface area contributed by atoms with E-state index in [-0.39, 0.29) is 12.0 Å². The van der Waals surface area contributed by atoms with Crippen molar-refractivity contribution in [3.63, 3.8) is 0 Å². The Balaban J connectivity index is 1.79. The lowest BCUT2D eigenvalue weighted by Crippen LogP contribution is -2.16. The smallest absolute Gasteiger partial charge is 0.346 e. The van der Waals surface area contributed by atoms with Crippen molar-refractivity contribution in [1.82, 2.24) is 0 Å². The number of esters is 1. The molecule has 2 aromatic carbocycles. The van der Waals surface area contributed by atoms with Crippen LogP contribution in [0, 0.1) is 35.0 Å². The third-order valence-corrected chi connectivity index (χ3v) is 5.37. The molecule has 28 heavy (non-hydrogen) atoms. The number of carbonyl (C=O) groups excluding carboxylic acids is 1. The first kappa shape index (κ1) is 20.3. The molecule has 1 saturated carbocycles. The van der Waals surface area contributed by atoms with Gasteiger partial charge in [0.25, 0.3) is 0 Å². The SMILES string of the molecule is CC[C@H]1CC[C@H](c2ccc(C(=O)Oc3c(F)c(F)cc(F)c3F)c(F)c2)CC1. The molecule has 0 radical (unpaired) electrons. The fraction of sp³-hybridized carbons (Fsp3) is 0.381. The van der Waals surface area contributed by atoms with Crippen LogP contribution < -0.4 is 4.74 Å². The maximum Gasteiger partial charge on any atom is 0.346 e. The van der Waals surface area contributed by atoms with Crippen molar-refractivity contribution in [2.24, 2.45) is 5.92 Å². The van der Waals surface area contributed by atoms with E-state index in [2.05, 4.69) is 11.7 Å². The molecule has 2 nitrogen and oxygen atoms in total. The predicted octanol–water partition coefficient (Wildman–Crippen LogP) is 6.29. The average Bonchev–Trinajstić information content (AvgIpc) is 2.69. The molecule has 1 aliphatic carbocycles. The fourth-order valence-electron chi connectivity index (χ4n) is 3.64. The molecule has 0 aliphatic heterocycles. The van der Waals surface area contributed by atoms with E-state index in [1.165, 1.54) is 6.07 Å². The summed E-state index contributed by atoms with van der Waals surface area (Å²) in [6.07, 6.45) is 5.05. The Bertz CT molecular complexity index is 863. The van der Waals surface area contributed by atoms with Crippen molar-refractivity contribution in [2.45, 2.75) is 44.9 Å². The van der Waals surface area contributed by atoms with E-state index in [1.54, 1.807) is 6.07 Å². The van der Waals surface area contributed by atoms with Crippen LogP contribution in [-0.4, -0.2) is 5.97 Å². The zero-order valence-corrected chi connectivity index (χ0v) is 15.2. The number of ether oxygens (including phenoxy) is 1. The van der Waals surface area contributed by atoms with Crippen molar-refractivity contribution >= 4 is 5.97 Å². The zero-order chi connectivity index (χ0) is 20.4. The van der Waals surface area contributed by atoms with Crippen molar-refractivity contribution in [1.29, 1.82) is 0 Å². The Morgan fingerprint density at radius 2 is 1.54 bits per heavy atom. The molecule has 0 amide bonds. The minimum atomic E-state index is -1.86. The van der Waals surface area contributed by atoms with Crippen molar-refractivity contribution in [3.8, 4) is 5.75 Å². The Hall–Kier alpha value is -2.44.